The third kappa shape index (κ3) is 3.79. The molecule has 0 aliphatic heterocycles. The molecule has 2 rings (SSSR count). The van der Waals surface area contributed by atoms with Crippen LogP contribution in [0.1, 0.15) is 5.56 Å². The number of rotatable bonds is 4. The van der Waals surface area contributed by atoms with Crippen LogP contribution in [0.25, 0.3) is 11.1 Å². The maximum Gasteiger partial charge on any atom is 0.211 e. The third-order valence-electron chi connectivity index (χ3n) is 2.78. The topological polar surface area (TPSA) is 86.0 Å². The standard InChI is InChI=1S/C15H15FN4O/c1-21-14-7-6-12(8-13(14)16)11-4-2-10(3-5-11)9-19-20-15(17)18/h2-9H,1H3,(H4,17,18,20). The summed E-state index contributed by atoms with van der Waals surface area (Å²) in [5.41, 5.74) is 12.8. The van der Waals surface area contributed by atoms with Crippen molar-refractivity contribution >= 4 is 12.2 Å². The maximum absolute atomic E-state index is 13.7. The minimum absolute atomic E-state index is 0.100. The van der Waals surface area contributed by atoms with Crippen molar-refractivity contribution in [1.29, 1.82) is 0 Å². The second-order valence-electron chi connectivity index (χ2n) is 4.24. The van der Waals surface area contributed by atoms with Gasteiger partial charge in [-0.1, -0.05) is 30.3 Å². The predicted molar refractivity (Wildman–Crippen MR) is 81.8 cm³/mol. The first kappa shape index (κ1) is 14.5. The first-order chi connectivity index (χ1) is 10.1. The molecule has 0 saturated heterocycles. The lowest BCUT2D eigenvalue weighted by Crippen LogP contribution is -2.21. The minimum Gasteiger partial charge on any atom is -0.494 e. The van der Waals surface area contributed by atoms with Crippen molar-refractivity contribution in [1.82, 2.24) is 0 Å². The molecular formula is C15H15FN4O. The van der Waals surface area contributed by atoms with Crippen molar-refractivity contribution in [2.75, 3.05) is 7.11 Å². The molecule has 0 atom stereocenters. The van der Waals surface area contributed by atoms with Crippen LogP contribution in [-0.4, -0.2) is 19.3 Å². The second-order valence-corrected chi connectivity index (χ2v) is 4.24. The van der Waals surface area contributed by atoms with Crippen molar-refractivity contribution in [3.63, 3.8) is 0 Å². The first-order valence-corrected chi connectivity index (χ1v) is 6.16. The van der Waals surface area contributed by atoms with E-state index in [1.807, 2.05) is 24.3 Å². The van der Waals surface area contributed by atoms with Gasteiger partial charge in [-0.05, 0) is 28.8 Å². The number of hydrogen-bond acceptors (Lipinski definition) is 3. The summed E-state index contributed by atoms with van der Waals surface area (Å²) < 4.78 is 18.6. The second kappa shape index (κ2) is 6.51. The highest BCUT2D eigenvalue weighted by Gasteiger charge is 2.05. The van der Waals surface area contributed by atoms with E-state index in [2.05, 4.69) is 10.2 Å². The molecule has 0 heterocycles. The van der Waals surface area contributed by atoms with Gasteiger partial charge in [-0.3, -0.25) is 0 Å². The highest BCUT2D eigenvalue weighted by molar-refractivity contribution is 5.82. The molecular weight excluding hydrogens is 271 g/mol. The lowest BCUT2D eigenvalue weighted by molar-refractivity contribution is 0.386. The molecule has 4 N–H and O–H groups in total. The summed E-state index contributed by atoms with van der Waals surface area (Å²) in [4.78, 5) is 0. The molecule has 6 heteroatoms. The van der Waals surface area contributed by atoms with Crippen LogP contribution in [0.2, 0.25) is 0 Å². The van der Waals surface area contributed by atoms with Crippen LogP contribution in [0.4, 0.5) is 4.39 Å². The summed E-state index contributed by atoms with van der Waals surface area (Å²) in [6.45, 7) is 0. The number of nitrogens with zero attached hydrogens (tertiary/aromatic N) is 2. The molecule has 108 valence electrons. The number of nitrogens with two attached hydrogens (primary N) is 2. The summed E-state index contributed by atoms with van der Waals surface area (Å²) in [6.07, 6.45) is 1.53. The summed E-state index contributed by atoms with van der Waals surface area (Å²) in [7, 11) is 1.43. The van der Waals surface area contributed by atoms with E-state index in [0.29, 0.717) is 0 Å². The quantitative estimate of drug-likeness (QED) is 0.512. The van der Waals surface area contributed by atoms with Gasteiger partial charge in [0.15, 0.2) is 11.6 Å². The molecule has 2 aromatic carbocycles. The van der Waals surface area contributed by atoms with Gasteiger partial charge in [0, 0.05) is 0 Å². The Kier molecular flexibility index (Phi) is 4.50. The van der Waals surface area contributed by atoms with Crippen molar-refractivity contribution in [2.45, 2.75) is 0 Å². The largest absolute Gasteiger partial charge is 0.494 e. The van der Waals surface area contributed by atoms with Crippen molar-refractivity contribution in [3.8, 4) is 16.9 Å². The van der Waals surface area contributed by atoms with E-state index in [4.69, 9.17) is 16.2 Å². The Hall–Kier alpha value is -2.89. The number of methoxy groups -OCH3 is 1. The zero-order chi connectivity index (χ0) is 15.2. The van der Waals surface area contributed by atoms with Gasteiger partial charge in [0.1, 0.15) is 0 Å². The molecule has 0 spiro atoms. The van der Waals surface area contributed by atoms with Gasteiger partial charge in [-0.2, -0.15) is 5.10 Å². The van der Waals surface area contributed by atoms with Crippen LogP contribution in [0, 0.1) is 5.82 Å². The SMILES string of the molecule is COc1ccc(-c2ccc(C=NN=C(N)N)cc2)cc1F. The summed E-state index contributed by atoms with van der Waals surface area (Å²) in [5, 5.41) is 7.23. The van der Waals surface area contributed by atoms with E-state index in [9.17, 15) is 4.39 Å². The Balaban J connectivity index is 2.21. The van der Waals surface area contributed by atoms with Gasteiger partial charge in [0.2, 0.25) is 5.96 Å². The molecule has 0 bridgehead atoms. The van der Waals surface area contributed by atoms with E-state index < -0.39 is 5.82 Å². The smallest absolute Gasteiger partial charge is 0.211 e. The normalized spacial score (nSPS) is 10.6. The molecule has 0 fully saturated rings. The molecule has 2 aromatic rings. The Bertz CT molecular complexity index is 677. The van der Waals surface area contributed by atoms with Gasteiger partial charge < -0.3 is 16.2 Å². The zero-order valence-electron chi connectivity index (χ0n) is 11.5. The highest BCUT2D eigenvalue weighted by atomic mass is 19.1. The maximum atomic E-state index is 13.7. The van der Waals surface area contributed by atoms with Crippen LogP contribution in [0.5, 0.6) is 5.75 Å². The van der Waals surface area contributed by atoms with Crippen molar-refractivity contribution < 1.29 is 9.13 Å². The van der Waals surface area contributed by atoms with Gasteiger partial charge in [0.25, 0.3) is 0 Å². The molecule has 0 radical (unpaired) electrons. The first-order valence-electron chi connectivity index (χ1n) is 6.16. The van der Waals surface area contributed by atoms with E-state index in [0.717, 1.165) is 16.7 Å². The Morgan fingerprint density at radius 3 is 2.33 bits per heavy atom. The number of guanidine groups is 1. The number of ether oxygens (including phenoxy) is 1. The molecule has 0 aromatic heterocycles. The fourth-order valence-corrected chi connectivity index (χ4v) is 1.77. The van der Waals surface area contributed by atoms with Gasteiger partial charge >= 0.3 is 0 Å². The van der Waals surface area contributed by atoms with E-state index in [-0.39, 0.29) is 11.7 Å². The number of hydrogen-bond donors (Lipinski definition) is 2. The van der Waals surface area contributed by atoms with E-state index >= 15 is 0 Å². The van der Waals surface area contributed by atoms with Crippen molar-refractivity contribution in [3.05, 3.63) is 53.8 Å². The van der Waals surface area contributed by atoms with E-state index in [1.165, 1.54) is 19.4 Å². The lowest BCUT2D eigenvalue weighted by atomic mass is 10.0. The molecule has 21 heavy (non-hydrogen) atoms. The Morgan fingerprint density at radius 1 is 1.10 bits per heavy atom. The number of benzene rings is 2. The number of halogens is 1. The zero-order valence-corrected chi connectivity index (χ0v) is 11.5. The van der Waals surface area contributed by atoms with Crippen LogP contribution in [0.3, 0.4) is 0 Å². The predicted octanol–water partition coefficient (Wildman–Crippen LogP) is 2.11. The Morgan fingerprint density at radius 2 is 1.76 bits per heavy atom. The molecule has 0 aliphatic carbocycles. The van der Waals surface area contributed by atoms with Gasteiger partial charge in [0.05, 0.1) is 13.3 Å². The summed E-state index contributed by atoms with van der Waals surface area (Å²) in [6, 6.07) is 12.2. The van der Waals surface area contributed by atoms with Crippen LogP contribution < -0.4 is 16.2 Å². The van der Waals surface area contributed by atoms with Crippen LogP contribution in [0.15, 0.2) is 52.7 Å². The molecule has 5 nitrogen and oxygen atoms in total. The molecule has 0 amide bonds. The van der Waals surface area contributed by atoms with Crippen molar-refractivity contribution in [2.24, 2.45) is 21.7 Å². The third-order valence-corrected chi connectivity index (χ3v) is 2.78. The fraction of sp³-hybridized carbons (Fsp3) is 0.0667. The minimum atomic E-state index is -0.395. The molecule has 0 saturated carbocycles. The summed E-state index contributed by atoms with van der Waals surface area (Å²) >= 11 is 0. The monoisotopic (exact) mass is 286 g/mol. The van der Waals surface area contributed by atoms with Crippen LogP contribution in [-0.2, 0) is 0 Å². The molecule has 0 unspecified atom stereocenters. The molecule has 0 aliphatic rings. The Labute approximate surface area is 121 Å². The average Bonchev–Trinajstić information content (AvgIpc) is 2.47. The lowest BCUT2D eigenvalue weighted by Gasteiger charge is -2.05. The van der Waals surface area contributed by atoms with Crippen LogP contribution >= 0.6 is 0 Å². The highest BCUT2D eigenvalue weighted by Crippen LogP contribution is 2.25. The van der Waals surface area contributed by atoms with Gasteiger partial charge in [-0.25, -0.2) is 4.39 Å². The summed E-state index contributed by atoms with van der Waals surface area (Å²) in [5.74, 6) is -0.273. The fourth-order valence-electron chi connectivity index (χ4n) is 1.77. The van der Waals surface area contributed by atoms with Gasteiger partial charge in [-0.15, -0.1) is 5.10 Å². The van der Waals surface area contributed by atoms with E-state index in [1.54, 1.807) is 12.1 Å². The average molecular weight is 286 g/mol.